The van der Waals surface area contributed by atoms with Crippen LogP contribution in [0.4, 0.5) is 17.6 Å². The molecule has 0 saturated heterocycles. The number of rotatable bonds is 7. The molecule has 13 heteroatoms. The summed E-state index contributed by atoms with van der Waals surface area (Å²) in [6, 6.07) is 19.3. The van der Waals surface area contributed by atoms with E-state index in [9.17, 15) is 41.1 Å². The molecular weight excluding hydrogens is 664 g/mol. The molecule has 230 valence electrons. The standard InChI is InChI=1S/C33H17ClF4N2O4S2/c34-26-14-24(33(41)42)27(36)15-23(26)18-2-1-3-19(12-18)31-30(22-10-11-45-29(22)16-39)25-13-20(35)6-9-28(25)40(31)46(43,44)21-7-4-17(5-8-21)32(37)38/h1-15,32H,(H,41,42). The Morgan fingerprint density at radius 1 is 0.935 bits per heavy atom. The largest absolute Gasteiger partial charge is 0.478 e. The molecule has 6 aromatic rings. The van der Waals surface area contributed by atoms with Gasteiger partial charge in [-0.1, -0.05) is 41.9 Å². The summed E-state index contributed by atoms with van der Waals surface area (Å²) in [6.07, 6.45) is -2.83. The number of hydrogen-bond acceptors (Lipinski definition) is 5. The van der Waals surface area contributed by atoms with Crippen molar-refractivity contribution in [3.05, 3.63) is 123 Å². The summed E-state index contributed by atoms with van der Waals surface area (Å²) >= 11 is 7.46. The van der Waals surface area contributed by atoms with Crippen LogP contribution in [-0.4, -0.2) is 23.5 Å². The number of fused-ring (bicyclic) bond motifs is 1. The third kappa shape index (κ3) is 5.22. The lowest BCUT2D eigenvalue weighted by Crippen LogP contribution is -2.14. The monoisotopic (exact) mass is 680 g/mol. The second-order valence-electron chi connectivity index (χ2n) is 10.00. The van der Waals surface area contributed by atoms with Crippen LogP contribution in [0.15, 0.2) is 95.2 Å². The summed E-state index contributed by atoms with van der Waals surface area (Å²) < 4.78 is 85.9. The number of nitriles is 1. The Bertz CT molecular complexity index is 2340. The van der Waals surface area contributed by atoms with E-state index in [0.29, 0.717) is 5.56 Å². The van der Waals surface area contributed by atoms with Gasteiger partial charge in [0, 0.05) is 38.2 Å². The van der Waals surface area contributed by atoms with E-state index in [2.05, 4.69) is 6.07 Å². The van der Waals surface area contributed by atoms with Crippen molar-refractivity contribution < 1.29 is 35.9 Å². The van der Waals surface area contributed by atoms with E-state index in [1.165, 1.54) is 12.1 Å². The fraction of sp³-hybridized carbons (Fsp3) is 0.0303. The highest BCUT2D eigenvalue weighted by Gasteiger charge is 2.31. The number of carboxylic acids is 1. The molecule has 6 nitrogen and oxygen atoms in total. The molecule has 0 aliphatic heterocycles. The molecule has 0 amide bonds. The van der Waals surface area contributed by atoms with Crippen LogP contribution < -0.4 is 0 Å². The molecule has 2 heterocycles. The van der Waals surface area contributed by atoms with E-state index in [-0.39, 0.29) is 59.2 Å². The first kappa shape index (κ1) is 31.0. The van der Waals surface area contributed by atoms with Crippen LogP contribution in [-0.2, 0) is 10.0 Å². The van der Waals surface area contributed by atoms with Gasteiger partial charge in [-0.2, -0.15) is 5.26 Å². The van der Waals surface area contributed by atoms with Crippen molar-refractivity contribution in [2.24, 2.45) is 0 Å². The van der Waals surface area contributed by atoms with Crippen molar-refractivity contribution in [1.82, 2.24) is 3.97 Å². The number of hydrogen-bond donors (Lipinski definition) is 1. The number of carboxylic acid groups (broad SMARTS) is 1. The predicted octanol–water partition coefficient (Wildman–Crippen LogP) is 9.38. The van der Waals surface area contributed by atoms with E-state index < -0.39 is 39.6 Å². The first-order valence-corrected chi connectivity index (χ1v) is 15.9. The molecule has 4 aromatic carbocycles. The van der Waals surface area contributed by atoms with Crippen molar-refractivity contribution in [3.8, 4) is 39.6 Å². The highest BCUT2D eigenvalue weighted by Crippen LogP contribution is 2.46. The maximum atomic E-state index is 14.8. The van der Waals surface area contributed by atoms with E-state index in [0.717, 1.165) is 63.8 Å². The van der Waals surface area contributed by atoms with Gasteiger partial charge in [0.25, 0.3) is 16.4 Å². The maximum absolute atomic E-state index is 14.8. The number of thiophene rings is 1. The first-order chi connectivity index (χ1) is 21.9. The van der Waals surface area contributed by atoms with Gasteiger partial charge in [-0.3, -0.25) is 0 Å². The number of benzene rings is 4. The zero-order chi connectivity index (χ0) is 32.9. The minimum atomic E-state index is -4.58. The smallest absolute Gasteiger partial charge is 0.338 e. The first-order valence-electron chi connectivity index (χ1n) is 13.2. The fourth-order valence-corrected chi connectivity index (χ4v) is 7.78. The predicted molar refractivity (Wildman–Crippen MR) is 167 cm³/mol. The molecule has 0 bridgehead atoms. The number of nitrogens with zero attached hydrogens (tertiary/aromatic N) is 2. The lowest BCUT2D eigenvalue weighted by Gasteiger charge is -2.15. The van der Waals surface area contributed by atoms with E-state index in [1.807, 2.05) is 0 Å². The van der Waals surface area contributed by atoms with Crippen LogP contribution in [0.5, 0.6) is 0 Å². The topological polar surface area (TPSA) is 100 Å². The fourth-order valence-electron chi connectivity index (χ4n) is 5.27. The zero-order valence-electron chi connectivity index (χ0n) is 23.0. The normalized spacial score (nSPS) is 11.7. The lowest BCUT2D eigenvalue weighted by molar-refractivity contribution is 0.0692. The molecule has 46 heavy (non-hydrogen) atoms. The number of alkyl halides is 2. The van der Waals surface area contributed by atoms with E-state index in [4.69, 9.17) is 11.6 Å². The summed E-state index contributed by atoms with van der Waals surface area (Å²) in [7, 11) is -4.58. The zero-order valence-corrected chi connectivity index (χ0v) is 25.4. The van der Waals surface area contributed by atoms with Crippen molar-refractivity contribution in [2.75, 3.05) is 0 Å². The molecule has 0 spiro atoms. The SMILES string of the molecule is N#Cc1sccc1-c1c(-c2cccc(-c3cc(F)c(C(=O)O)cc3Cl)c2)n(S(=O)(=O)c2ccc(C(F)F)cc2)c2ccc(F)cc12. The third-order valence-electron chi connectivity index (χ3n) is 7.33. The Kier molecular flexibility index (Phi) is 7.93. The van der Waals surface area contributed by atoms with Crippen LogP contribution in [0.2, 0.25) is 5.02 Å². The van der Waals surface area contributed by atoms with E-state index >= 15 is 0 Å². The summed E-state index contributed by atoms with van der Waals surface area (Å²) in [5.41, 5.74) is 0.175. The quantitative estimate of drug-likeness (QED) is 0.169. The van der Waals surface area contributed by atoms with Gasteiger partial charge in [0.05, 0.1) is 21.7 Å². The molecule has 1 N–H and O–H groups in total. The Hall–Kier alpha value is -4.96. The van der Waals surface area contributed by atoms with Gasteiger partial charge in [-0.25, -0.2) is 34.7 Å². The summed E-state index contributed by atoms with van der Waals surface area (Å²) in [5, 5.41) is 20.9. The minimum absolute atomic E-state index is 0.00837. The summed E-state index contributed by atoms with van der Waals surface area (Å²) in [4.78, 5) is 11.3. The molecule has 0 saturated carbocycles. The third-order valence-corrected chi connectivity index (χ3v) is 10.2. The van der Waals surface area contributed by atoms with Gasteiger partial charge in [0.15, 0.2) is 0 Å². The number of carbonyl (C=O) groups is 1. The molecule has 0 atom stereocenters. The Morgan fingerprint density at radius 3 is 2.33 bits per heavy atom. The van der Waals surface area contributed by atoms with Crippen molar-refractivity contribution in [2.45, 2.75) is 11.3 Å². The summed E-state index contributed by atoms with van der Waals surface area (Å²) in [5.74, 6) is -3.24. The van der Waals surface area contributed by atoms with Gasteiger partial charge >= 0.3 is 5.97 Å². The lowest BCUT2D eigenvalue weighted by atomic mass is 9.96. The average molecular weight is 681 g/mol. The molecule has 0 aliphatic rings. The van der Waals surface area contributed by atoms with Crippen molar-refractivity contribution >= 4 is 49.8 Å². The van der Waals surface area contributed by atoms with Crippen molar-refractivity contribution in [1.29, 1.82) is 5.26 Å². The second kappa shape index (κ2) is 11.8. The van der Waals surface area contributed by atoms with Gasteiger partial charge in [0.1, 0.15) is 22.6 Å². The highest BCUT2D eigenvalue weighted by molar-refractivity contribution is 7.90. The molecule has 2 aromatic heterocycles. The van der Waals surface area contributed by atoms with Gasteiger partial charge in [-0.05, 0) is 65.5 Å². The Morgan fingerprint density at radius 2 is 1.65 bits per heavy atom. The summed E-state index contributed by atoms with van der Waals surface area (Å²) in [6.45, 7) is 0. The maximum Gasteiger partial charge on any atom is 0.338 e. The van der Waals surface area contributed by atoms with Crippen LogP contribution in [0.1, 0.15) is 27.2 Å². The molecule has 6 rings (SSSR count). The van der Waals surface area contributed by atoms with Crippen LogP contribution >= 0.6 is 22.9 Å². The second-order valence-corrected chi connectivity index (χ2v) is 13.1. The molecule has 0 fully saturated rings. The van der Waals surface area contributed by atoms with Crippen molar-refractivity contribution in [3.63, 3.8) is 0 Å². The van der Waals surface area contributed by atoms with Crippen LogP contribution in [0, 0.1) is 23.0 Å². The Labute approximate surface area is 268 Å². The molecule has 0 aliphatic carbocycles. The van der Waals surface area contributed by atoms with Crippen LogP contribution in [0.3, 0.4) is 0 Å². The van der Waals surface area contributed by atoms with E-state index in [1.54, 1.807) is 29.6 Å². The van der Waals surface area contributed by atoms with Crippen LogP contribution in [0.25, 0.3) is 44.4 Å². The highest BCUT2D eigenvalue weighted by atomic mass is 35.5. The number of halogens is 5. The Balaban J connectivity index is 1.71. The molecule has 0 radical (unpaired) electrons. The average Bonchev–Trinajstić information content (AvgIpc) is 3.64. The van der Waals surface area contributed by atoms with Gasteiger partial charge in [-0.15, -0.1) is 11.3 Å². The number of aromatic carboxylic acids is 1. The molecular formula is C33H17ClF4N2O4S2. The minimum Gasteiger partial charge on any atom is -0.478 e. The number of aromatic nitrogens is 1. The van der Waals surface area contributed by atoms with Gasteiger partial charge in [0.2, 0.25) is 0 Å². The molecule has 0 unspecified atom stereocenters. The van der Waals surface area contributed by atoms with Gasteiger partial charge < -0.3 is 5.11 Å².